The third-order valence-corrected chi connectivity index (χ3v) is 7.93. The molecule has 0 unspecified atom stereocenters. The summed E-state index contributed by atoms with van der Waals surface area (Å²) in [6, 6.07) is 10.3. The van der Waals surface area contributed by atoms with Crippen LogP contribution in [-0.2, 0) is 20.7 Å². The number of amides is 2. The van der Waals surface area contributed by atoms with Crippen molar-refractivity contribution in [3.63, 3.8) is 0 Å². The Bertz CT molecular complexity index is 1760. The van der Waals surface area contributed by atoms with Crippen molar-refractivity contribution in [2.24, 2.45) is 5.92 Å². The van der Waals surface area contributed by atoms with Crippen molar-refractivity contribution in [2.75, 3.05) is 12.4 Å². The molecule has 2 bridgehead atoms. The summed E-state index contributed by atoms with van der Waals surface area (Å²) < 4.78 is 36.3. The normalized spacial score (nSPS) is 16.6. The van der Waals surface area contributed by atoms with E-state index in [0.29, 0.717) is 41.8 Å². The number of anilines is 1. The molecule has 0 saturated heterocycles. The van der Waals surface area contributed by atoms with E-state index in [1.54, 1.807) is 38.1 Å². The topological polar surface area (TPSA) is 128 Å². The summed E-state index contributed by atoms with van der Waals surface area (Å²) in [6.07, 6.45) is 2.65. The van der Waals surface area contributed by atoms with Crippen LogP contribution in [0.1, 0.15) is 59.7 Å². The van der Waals surface area contributed by atoms with Gasteiger partial charge in [-0.3, -0.25) is 19.4 Å². The molecule has 10 nitrogen and oxygen atoms in total. The Kier molecular flexibility index (Phi) is 9.00. The first-order valence-electron chi connectivity index (χ1n) is 13.9. The van der Waals surface area contributed by atoms with Gasteiger partial charge in [-0.25, -0.2) is 13.5 Å². The molecule has 2 aromatic heterocycles. The highest BCUT2D eigenvalue weighted by Gasteiger charge is 2.27. The Hall–Kier alpha value is -4.71. The summed E-state index contributed by atoms with van der Waals surface area (Å²) >= 11 is 5.93. The molecule has 44 heavy (non-hydrogen) atoms. The third-order valence-electron chi connectivity index (χ3n) is 7.63. The molecule has 5 rings (SSSR count). The van der Waals surface area contributed by atoms with Crippen LogP contribution in [0.15, 0.2) is 48.7 Å². The van der Waals surface area contributed by atoms with E-state index in [1.165, 1.54) is 36.2 Å². The number of carbonyl (C=O) groups excluding carboxylic acids is 3. The average Bonchev–Trinajstić information content (AvgIpc) is 3.40. The minimum absolute atomic E-state index is 0.00931. The van der Waals surface area contributed by atoms with Crippen molar-refractivity contribution in [3.05, 3.63) is 88.0 Å². The second-order valence-electron chi connectivity index (χ2n) is 10.5. The predicted molar refractivity (Wildman–Crippen MR) is 158 cm³/mol. The van der Waals surface area contributed by atoms with Crippen molar-refractivity contribution in [1.29, 1.82) is 0 Å². The molecule has 0 spiro atoms. The molecule has 1 aliphatic heterocycles. The fourth-order valence-corrected chi connectivity index (χ4v) is 5.27. The van der Waals surface area contributed by atoms with E-state index in [1.807, 2.05) is 0 Å². The Morgan fingerprint density at radius 3 is 2.73 bits per heavy atom. The zero-order chi connectivity index (χ0) is 31.5. The number of pyridine rings is 1. The smallest absolute Gasteiger partial charge is 0.310 e. The lowest BCUT2D eigenvalue weighted by atomic mass is 9.94. The van der Waals surface area contributed by atoms with Gasteiger partial charge in [0.05, 0.1) is 41.7 Å². The molecular formula is C31H29ClF2N6O4. The van der Waals surface area contributed by atoms with Gasteiger partial charge in [-0.1, -0.05) is 48.4 Å². The zero-order valence-electron chi connectivity index (χ0n) is 24.2. The first-order chi connectivity index (χ1) is 21.1. The lowest BCUT2D eigenvalue weighted by molar-refractivity contribution is -0.139. The fraction of sp³-hybridized carbons (Fsp3) is 0.290. The van der Waals surface area contributed by atoms with Gasteiger partial charge in [0.1, 0.15) is 5.69 Å². The molecule has 2 atom stereocenters. The summed E-state index contributed by atoms with van der Waals surface area (Å²) in [5, 5.41) is 13.6. The highest BCUT2D eigenvalue weighted by atomic mass is 35.5. The molecule has 0 fully saturated rings. The van der Waals surface area contributed by atoms with E-state index < -0.39 is 35.5 Å². The molecule has 13 heteroatoms. The lowest BCUT2D eigenvalue weighted by Gasteiger charge is -2.22. The van der Waals surface area contributed by atoms with Crippen molar-refractivity contribution in [2.45, 2.75) is 45.6 Å². The maximum absolute atomic E-state index is 15.7. The highest BCUT2D eigenvalue weighted by molar-refractivity contribution is 6.30. The van der Waals surface area contributed by atoms with Gasteiger partial charge in [0.15, 0.2) is 17.3 Å². The Labute approximate surface area is 256 Å². The maximum atomic E-state index is 15.7. The molecule has 2 N–H and O–H groups in total. The van der Waals surface area contributed by atoms with Crippen molar-refractivity contribution in [3.8, 4) is 16.8 Å². The molecule has 1 aliphatic rings. The summed E-state index contributed by atoms with van der Waals surface area (Å²) in [5.74, 6) is -3.45. The van der Waals surface area contributed by atoms with Crippen molar-refractivity contribution in [1.82, 2.24) is 25.3 Å². The number of benzene rings is 2. The molecule has 0 radical (unpaired) electrons. The lowest BCUT2D eigenvalue weighted by Crippen LogP contribution is -2.30. The number of carbonyl (C=O) groups is 3. The summed E-state index contributed by atoms with van der Waals surface area (Å²) in [5.41, 5.74) is 1.80. The van der Waals surface area contributed by atoms with E-state index in [2.05, 4.69) is 30.7 Å². The number of esters is 1. The third kappa shape index (κ3) is 6.16. The Morgan fingerprint density at radius 1 is 1.16 bits per heavy atom. The fourth-order valence-electron chi connectivity index (χ4n) is 5.10. The predicted octanol–water partition coefficient (Wildman–Crippen LogP) is 5.51. The van der Waals surface area contributed by atoms with E-state index in [0.717, 1.165) is 0 Å². The number of fused-ring (bicyclic) bond motifs is 4. The van der Waals surface area contributed by atoms with Gasteiger partial charge in [0.25, 0.3) is 5.91 Å². The SMILES string of the molecule is COC(=O)Cc1ccc2c(c1F)NC(=O)[C@H](C)CCC[C@H](NC(=O)c1nnn(-c3cccc(Cl)c3F)c1C)c1cc-2ccn1. The van der Waals surface area contributed by atoms with Crippen LogP contribution in [0.4, 0.5) is 14.5 Å². The quantitative estimate of drug-likeness (QED) is 0.281. The van der Waals surface area contributed by atoms with Gasteiger partial charge >= 0.3 is 5.97 Å². The van der Waals surface area contributed by atoms with Crippen LogP contribution in [0, 0.1) is 24.5 Å². The number of hydrogen-bond acceptors (Lipinski definition) is 7. The second kappa shape index (κ2) is 12.9. The highest BCUT2D eigenvalue weighted by Crippen LogP contribution is 2.35. The number of ether oxygens (including phenoxy) is 1. The van der Waals surface area contributed by atoms with Gasteiger partial charge in [0, 0.05) is 23.2 Å². The van der Waals surface area contributed by atoms with E-state index in [-0.39, 0.29) is 40.0 Å². The van der Waals surface area contributed by atoms with E-state index in [9.17, 15) is 18.8 Å². The van der Waals surface area contributed by atoms with Crippen LogP contribution < -0.4 is 10.6 Å². The summed E-state index contributed by atoms with van der Waals surface area (Å²) in [7, 11) is 1.22. The Morgan fingerprint density at radius 2 is 1.95 bits per heavy atom. The molecule has 4 aromatic rings. The number of hydrogen-bond donors (Lipinski definition) is 2. The molecule has 0 saturated carbocycles. The minimum Gasteiger partial charge on any atom is -0.469 e. The Balaban J connectivity index is 1.51. The summed E-state index contributed by atoms with van der Waals surface area (Å²) in [6.45, 7) is 3.33. The van der Waals surface area contributed by atoms with Crippen LogP contribution in [0.3, 0.4) is 0 Å². The monoisotopic (exact) mass is 622 g/mol. The average molecular weight is 623 g/mol. The first kappa shape index (κ1) is 30.7. The molecule has 2 amide bonds. The second-order valence-corrected chi connectivity index (χ2v) is 10.9. The molecular weight excluding hydrogens is 594 g/mol. The van der Waals surface area contributed by atoms with Crippen LogP contribution >= 0.6 is 11.6 Å². The van der Waals surface area contributed by atoms with Gasteiger partial charge in [-0.15, -0.1) is 5.10 Å². The van der Waals surface area contributed by atoms with E-state index in [4.69, 9.17) is 11.6 Å². The van der Waals surface area contributed by atoms with Crippen LogP contribution in [0.5, 0.6) is 0 Å². The first-order valence-corrected chi connectivity index (χ1v) is 14.3. The van der Waals surface area contributed by atoms with Crippen molar-refractivity contribution >= 4 is 35.1 Å². The van der Waals surface area contributed by atoms with Crippen LogP contribution in [0.2, 0.25) is 5.02 Å². The van der Waals surface area contributed by atoms with Gasteiger partial charge in [-0.2, -0.15) is 0 Å². The number of nitrogens with one attached hydrogen (secondary N) is 2. The molecule has 2 aromatic carbocycles. The number of aromatic nitrogens is 4. The van der Waals surface area contributed by atoms with Gasteiger partial charge in [-0.05, 0) is 49.6 Å². The molecule has 228 valence electrons. The largest absolute Gasteiger partial charge is 0.469 e. The number of rotatable bonds is 5. The number of halogens is 3. The van der Waals surface area contributed by atoms with Crippen molar-refractivity contribution < 1.29 is 27.9 Å². The molecule has 0 aliphatic carbocycles. The van der Waals surface area contributed by atoms with Crippen LogP contribution in [-0.4, -0.2) is 44.9 Å². The van der Waals surface area contributed by atoms with Gasteiger partial charge < -0.3 is 15.4 Å². The standard InChI is InChI=1S/C31H29ClF2N6O4/c1-16-6-4-8-22(36-31(43)28-17(2)40(39-38-28)24-9-5-7-21(32)27(24)34)23-14-18(12-13-35-23)20-11-10-19(15-25(41)44-3)26(33)29(20)37-30(16)42/h5,7,9-14,16,22H,4,6,8,15H2,1-3H3,(H,36,43)(H,37,42)/t16-,22+/m1/s1. The van der Waals surface area contributed by atoms with Crippen LogP contribution in [0.25, 0.3) is 16.8 Å². The maximum Gasteiger partial charge on any atom is 0.310 e. The summed E-state index contributed by atoms with van der Waals surface area (Å²) in [4.78, 5) is 42.9. The zero-order valence-corrected chi connectivity index (χ0v) is 24.9. The van der Waals surface area contributed by atoms with Gasteiger partial charge in [0.2, 0.25) is 5.91 Å². The number of methoxy groups -OCH3 is 1. The molecule has 3 heterocycles. The number of nitrogens with zero attached hydrogens (tertiary/aromatic N) is 4. The minimum atomic E-state index is -0.733. The van der Waals surface area contributed by atoms with E-state index >= 15 is 4.39 Å².